The Hall–Kier alpha value is -1.45. The van der Waals surface area contributed by atoms with E-state index in [1.807, 2.05) is 0 Å². The molecule has 0 rings (SSSR count). The van der Waals surface area contributed by atoms with Crippen molar-refractivity contribution in [2.45, 2.75) is 13.8 Å². The Labute approximate surface area is 70.2 Å². The average molecular weight is 170 g/mol. The Bertz CT molecular complexity index is 227. The summed E-state index contributed by atoms with van der Waals surface area (Å²) in [6.07, 6.45) is 1.16. The predicted molar refractivity (Wildman–Crippen MR) is 41.5 cm³/mol. The Balaban J connectivity index is 4.32. The van der Waals surface area contributed by atoms with Gasteiger partial charge in [-0.25, -0.2) is 0 Å². The highest BCUT2D eigenvalue weighted by Crippen LogP contribution is 1.96. The van der Waals surface area contributed by atoms with Crippen LogP contribution in [0.2, 0.25) is 0 Å². The minimum Gasteiger partial charge on any atom is -0.463 e. The Morgan fingerprint density at radius 1 is 1.33 bits per heavy atom. The van der Waals surface area contributed by atoms with Crippen molar-refractivity contribution in [1.82, 2.24) is 0 Å². The molecule has 0 fully saturated rings. The summed E-state index contributed by atoms with van der Waals surface area (Å²) in [4.78, 5) is 31.1. The molecule has 0 spiro atoms. The highest BCUT2D eigenvalue weighted by Gasteiger charge is 2.04. The summed E-state index contributed by atoms with van der Waals surface area (Å²) in [5, 5.41) is 0. The lowest BCUT2D eigenvalue weighted by Crippen LogP contribution is -2.06. The molecule has 0 unspecified atom stereocenters. The van der Waals surface area contributed by atoms with Crippen LogP contribution in [0.5, 0.6) is 0 Å². The van der Waals surface area contributed by atoms with E-state index in [-0.39, 0.29) is 30.2 Å². The van der Waals surface area contributed by atoms with Gasteiger partial charge in [0.05, 0.1) is 0 Å². The maximum Gasteiger partial charge on any atom is 0.293 e. The summed E-state index contributed by atoms with van der Waals surface area (Å²) in [7, 11) is 0. The predicted octanol–water partition coefficient (Wildman–Crippen LogP) is 0.264. The van der Waals surface area contributed by atoms with Crippen molar-refractivity contribution < 1.29 is 19.1 Å². The summed E-state index contributed by atoms with van der Waals surface area (Å²) < 4.78 is 4.34. The molecule has 0 aromatic rings. The zero-order valence-corrected chi connectivity index (χ0v) is 6.99. The number of ketones is 2. The first-order chi connectivity index (χ1) is 5.57. The zero-order valence-electron chi connectivity index (χ0n) is 6.99. The first kappa shape index (κ1) is 10.6. The van der Waals surface area contributed by atoms with E-state index in [4.69, 9.17) is 0 Å². The molecule has 12 heavy (non-hydrogen) atoms. The third-order valence-electron chi connectivity index (χ3n) is 1.14. The van der Waals surface area contributed by atoms with Gasteiger partial charge in [0.2, 0.25) is 0 Å². The molecule has 0 aliphatic rings. The van der Waals surface area contributed by atoms with Gasteiger partial charge in [0.1, 0.15) is 6.61 Å². The molecule has 0 radical (unpaired) electrons. The van der Waals surface area contributed by atoms with Crippen molar-refractivity contribution in [3.05, 3.63) is 11.6 Å². The third-order valence-corrected chi connectivity index (χ3v) is 1.14. The number of Topliss-reactive ketones (excluding diaryl/α,β-unsaturated/α-hetero) is 1. The first-order valence-electron chi connectivity index (χ1n) is 3.35. The van der Waals surface area contributed by atoms with Crippen molar-refractivity contribution in [2.24, 2.45) is 0 Å². The Morgan fingerprint density at radius 2 is 1.92 bits per heavy atom. The third kappa shape index (κ3) is 4.38. The van der Waals surface area contributed by atoms with E-state index in [1.54, 1.807) is 0 Å². The van der Waals surface area contributed by atoms with Crippen LogP contribution in [0, 0.1) is 0 Å². The lowest BCUT2D eigenvalue weighted by molar-refractivity contribution is -0.128. The molecule has 4 nitrogen and oxygen atoms in total. The van der Waals surface area contributed by atoms with Gasteiger partial charge in [-0.1, -0.05) is 0 Å². The lowest BCUT2D eigenvalue weighted by Gasteiger charge is -1.99. The number of carbonyl (C=O) groups is 3. The highest BCUT2D eigenvalue weighted by atomic mass is 16.5. The summed E-state index contributed by atoms with van der Waals surface area (Å²) in [5.74, 6) is -0.512. The van der Waals surface area contributed by atoms with Gasteiger partial charge in [-0.2, -0.15) is 0 Å². The maximum atomic E-state index is 10.8. The van der Waals surface area contributed by atoms with E-state index in [9.17, 15) is 14.4 Å². The van der Waals surface area contributed by atoms with Crippen LogP contribution in [0.15, 0.2) is 11.6 Å². The molecule has 0 atom stereocenters. The van der Waals surface area contributed by atoms with E-state index < -0.39 is 0 Å². The van der Waals surface area contributed by atoms with Crippen LogP contribution in [-0.4, -0.2) is 24.6 Å². The number of allylic oxidation sites excluding steroid dienone is 1. The molecular formula is C8H10O4. The molecule has 0 saturated carbocycles. The molecular weight excluding hydrogens is 160 g/mol. The molecule has 0 heterocycles. The van der Waals surface area contributed by atoms with Gasteiger partial charge in [0.15, 0.2) is 11.6 Å². The Kier molecular flexibility index (Phi) is 4.60. The normalized spacial score (nSPS) is 10.7. The van der Waals surface area contributed by atoms with Gasteiger partial charge in [-0.15, -0.1) is 0 Å². The molecule has 0 aromatic carbocycles. The molecule has 0 saturated heterocycles. The van der Waals surface area contributed by atoms with Crippen molar-refractivity contribution >= 4 is 18.0 Å². The van der Waals surface area contributed by atoms with Crippen molar-refractivity contribution in [3.63, 3.8) is 0 Å². The number of carbonyl (C=O) groups excluding carboxylic acids is 3. The molecule has 0 aromatic heterocycles. The van der Waals surface area contributed by atoms with E-state index in [0.717, 1.165) is 6.08 Å². The summed E-state index contributed by atoms with van der Waals surface area (Å²) >= 11 is 0. The van der Waals surface area contributed by atoms with Crippen LogP contribution in [0.1, 0.15) is 13.8 Å². The monoisotopic (exact) mass is 170 g/mol. The van der Waals surface area contributed by atoms with Gasteiger partial charge in [0, 0.05) is 5.57 Å². The molecule has 0 amide bonds. The van der Waals surface area contributed by atoms with Gasteiger partial charge >= 0.3 is 0 Å². The smallest absolute Gasteiger partial charge is 0.293 e. The van der Waals surface area contributed by atoms with E-state index in [1.165, 1.54) is 13.8 Å². The van der Waals surface area contributed by atoms with Crippen LogP contribution < -0.4 is 0 Å². The van der Waals surface area contributed by atoms with Gasteiger partial charge in [-0.3, -0.25) is 14.4 Å². The van der Waals surface area contributed by atoms with Crippen LogP contribution in [0.3, 0.4) is 0 Å². The highest BCUT2D eigenvalue weighted by molar-refractivity contribution is 6.01. The Morgan fingerprint density at radius 3 is 2.25 bits per heavy atom. The van der Waals surface area contributed by atoms with Crippen LogP contribution in [-0.2, 0) is 19.1 Å². The minimum absolute atomic E-state index is 0.140. The van der Waals surface area contributed by atoms with Crippen LogP contribution in [0.4, 0.5) is 0 Å². The standard InChI is InChI=1S/C8H10O4/c1-6(10)3-8(7(2)11)4-12-5-9/h3,5H,4H2,1-2H3. The lowest BCUT2D eigenvalue weighted by atomic mass is 10.1. The van der Waals surface area contributed by atoms with E-state index in [2.05, 4.69) is 4.74 Å². The van der Waals surface area contributed by atoms with Crippen molar-refractivity contribution in [2.75, 3.05) is 6.61 Å². The topological polar surface area (TPSA) is 60.4 Å². The zero-order chi connectivity index (χ0) is 9.56. The minimum atomic E-state index is -0.271. The molecule has 4 heteroatoms. The van der Waals surface area contributed by atoms with Gasteiger partial charge in [-0.05, 0) is 19.9 Å². The fourth-order valence-electron chi connectivity index (χ4n) is 0.614. The van der Waals surface area contributed by atoms with Crippen LogP contribution >= 0.6 is 0 Å². The molecule has 66 valence electrons. The second-order valence-corrected chi connectivity index (χ2v) is 2.24. The maximum absolute atomic E-state index is 10.8. The van der Waals surface area contributed by atoms with Gasteiger partial charge < -0.3 is 4.74 Å². The largest absolute Gasteiger partial charge is 0.463 e. The number of hydrogen-bond donors (Lipinski definition) is 0. The van der Waals surface area contributed by atoms with Crippen LogP contribution in [0.25, 0.3) is 0 Å². The molecule has 0 aliphatic carbocycles. The summed E-state index contributed by atoms with van der Waals surface area (Å²) in [6.45, 7) is 2.72. The van der Waals surface area contributed by atoms with Crippen molar-refractivity contribution in [3.8, 4) is 0 Å². The molecule has 0 N–H and O–H groups in total. The van der Waals surface area contributed by atoms with E-state index in [0.29, 0.717) is 0 Å². The number of hydrogen-bond acceptors (Lipinski definition) is 4. The number of ether oxygens (including phenoxy) is 1. The molecule has 0 bridgehead atoms. The van der Waals surface area contributed by atoms with Gasteiger partial charge in [0.25, 0.3) is 6.47 Å². The first-order valence-corrected chi connectivity index (χ1v) is 3.35. The van der Waals surface area contributed by atoms with E-state index >= 15 is 0 Å². The summed E-state index contributed by atoms with van der Waals surface area (Å²) in [5.41, 5.74) is 0.203. The summed E-state index contributed by atoms with van der Waals surface area (Å²) in [6, 6.07) is 0. The fraction of sp³-hybridized carbons (Fsp3) is 0.375. The second-order valence-electron chi connectivity index (χ2n) is 2.24. The average Bonchev–Trinajstić information content (AvgIpc) is 1.96. The quantitative estimate of drug-likeness (QED) is 0.438. The molecule has 0 aliphatic heterocycles. The fourth-order valence-corrected chi connectivity index (χ4v) is 0.614. The van der Waals surface area contributed by atoms with Crippen molar-refractivity contribution in [1.29, 1.82) is 0 Å². The SMILES string of the molecule is CC(=O)C=C(COC=O)C(C)=O. The second kappa shape index (κ2) is 5.23. The number of rotatable bonds is 5.